The van der Waals surface area contributed by atoms with Crippen LogP contribution in [0.4, 0.5) is 11.5 Å². The van der Waals surface area contributed by atoms with E-state index in [0.717, 1.165) is 24.6 Å². The van der Waals surface area contributed by atoms with E-state index in [4.69, 9.17) is 0 Å². The number of amides is 1. The highest BCUT2D eigenvalue weighted by molar-refractivity contribution is 6.03. The summed E-state index contributed by atoms with van der Waals surface area (Å²) in [5, 5.41) is 2.87. The Kier molecular flexibility index (Phi) is 4.32. The van der Waals surface area contributed by atoms with Crippen LogP contribution in [-0.2, 0) is 0 Å². The van der Waals surface area contributed by atoms with Crippen molar-refractivity contribution in [1.29, 1.82) is 0 Å². The van der Waals surface area contributed by atoms with Crippen molar-refractivity contribution < 1.29 is 4.79 Å². The van der Waals surface area contributed by atoms with E-state index in [1.807, 2.05) is 37.3 Å². The fourth-order valence-electron chi connectivity index (χ4n) is 2.67. The van der Waals surface area contributed by atoms with Gasteiger partial charge in [-0.3, -0.25) is 4.79 Å². The molecule has 1 aromatic heterocycles. The quantitative estimate of drug-likeness (QED) is 0.946. The lowest BCUT2D eigenvalue weighted by Crippen LogP contribution is -2.31. The van der Waals surface area contributed by atoms with Crippen molar-refractivity contribution in [1.82, 2.24) is 9.97 Å². The van der Waals surface area contributed by atoms with Crippen molar-refractivity contribution >= 4 is 17.4 Å². The third kappa shape index (κ3) is 3.42. The van der Waals surface area contributed by atoms with Crippen LogP contribution in [0.15, 0.2) is 36.4 Å². The highest BCUT2D eigenvalue weighted by Gasteiger charge is 2.16. The number of aromatic nitrogens is 2. The van der Waals surface area contributed by atoms with Gasteiger partial charge in [0.05, 0.1) is 0 Å². The third-order valence-electron chi connectivity index (χ3n) is 3.77. The zero-order valence-electron chi connectivity index (χ0n) is 12.7. The SMILES string of the molecule is Cc1nc(C(=O)Nc2ccccc2)cc(N2CCCCC2)n1. The van der Waals surface area contributed by atoms with Crippen LogP contribution >= 0.6 is 0 Å². The first-order valence-corrected chi connectivity index (χ1v) is 7.69. The maximum absolute atomic E-state index is 12.4. The van der Waals surface area contributed by atoms with Crippen LogP contribution in [0, 0.1) is 6.92 Å². The van der Waals surface area contributed by atoms with Gasteiger partial charge < -0.3 is 10.2 Å². The first-order chi connectivity index (χ1) is 10.7. The summed E-state index contributed by atoms with van der Waals surface area (Å²) in [5.41, 5.74) is 1.18. The fraction of sp³-hybridized carbons (Fsp3) is 0.353. The van der Waals surface area contributed by atoms with Gasteiger partial charge in [0.2, 0.25) is 0 Å². The molecule has 2 heterocycles. The van der Waals surface area contributed by atoms with E-state index < -0.39 is 0 Å². The molecule has 1 aliphatic heterocycles. The van der Waals surface area contributed by atoms with Gasteiger partial charge in [0.1, 0.15) is 17.3 Å². The molecule has 1 saturated heterocycles. The van der Waals surface area contributed by atoms with Crippen LogP contribution in [0.5, 0.6) is 0 Å². The molecule has 0 atom stereocenters. The number of piperidine rings is 1. The van der Waals surface area contributed by atoms with Crippen LogP contribution in [0.2, 0.25) is 0 Å². The number of nitrogens with one attached hydrogen (secondary N) is 1. The molecule has 1 aromatic carbocycles. The van der Waals surface area contributed by atoms with Crippen molar-refractivity contribution in [2.24, 2.45) is 0 Å². The summed E-state index contributed by atoms with van der Waals surface area (Å²) in [7, 11) is 0. The first-order valence-electron chi connectivity index (χ1n) is 7.69. The Bertz CT molecular complexity index is 651. The summed E-state index contributed by atoms with van der Waals surface area (Å²) < 4.78 is 0. The molecule has 0 spiro atoms. The molecule has 114 valence electrons. The summed E-state index contributed by atoms with van der Waals surface area (Å²) in [4.78, 5) is 23.4. The summed E-state index contributed by atoms with van der Waals surface area (Å²) in [6.45, 7) is 3.82. The maximum Gasteiger partial charge on any atom is 0.274 e. The molecule has 1 fully saturated rings. The van der Waals surface area contributed by atoms with Gasteiger partial charge in [-0.05, 0) is 38.3 Å². The normalized spacial score (nSPS) is 14.7. The van der Waals surface area contributed by atoms with E-state index >= 15 is 0 Å². The van der Waals surface area contributed by atoms with Crippen LogP contribution < -0.4 is 10.2 Å². The lowest BCUT2D eigenvalue weighted by molar-refractivity contribution is 0.102. The minimum Gasteiger partial charge on any atom is -0.356 e. The van der Waals surface area contributed by atoms with Gasteiger partial charge in [-0.1, -0.05) is 18.2 Å². The number of para-hydroxylation sites is 1. The standard InChI is InChI=1S/C17H20N4O/c1-13-18-15(17(22)20-14-8-4-2-5-9-14)12-16(19-13)21-10-6-3-7-11-21/h2,4-5,8-9,12H,3,6-7,10-11H2,1H3,(H,20,22). The van der Waals surface area contributed by atoms with Crippen molar-refractivity contribution in [3.05, 3.63) is 47.9 Å². The van der Waals surface area contributed by atoms with E-state index in [2.05, 4.69) is 20.2 Å². The lowest BCUT2D eigenvalue weighted by Gasteiger charge is -2.28. The number of benzene rings is 1. The number of nitrogens with zero attached hydrogens (tertiary/aromatic N) is 3. The zero-order chi connectivity index (χ0) is 15.4. The number of carbonyl (C=O) groups is 1. The Morgan fingerprint density at radius 3 is 2.55 bits per heavy atom. The predicted octanol–water partition coefficient (Wildman–Crippen LogP) is 3.03. The van der Waals surface area contributed by atoms with Crippen LogP contribution in [-0.4, -0.2) is 29.0 Å². The zero-order valence-corrected chi connectivity index (χ0v) is 12.7. The molecular formula is C17H20N4O. The average molecular weight is 296 g/mol. The first kappa shape index (κ1) is 14.5. The van der Waals surface area contributed by atoms with E-state index in [0.29, 0.717) is 11.5 Å². The van der Waals surface area contributed by atoms with Gasteiger partial charge in [-0.25, -0.2) is 9.97 Å². The second-order valence-corrected chi connectivity index (χ2v) is 5.53. The molecule has 0 bridgehead atoms. The monoisotopic (exact) mass is 296 g/mol. The Balaban J connectivity index is 1.81. The molecule has 2 aromatic rings. The number of anilines is 2. The highest BCUT2D eigenvalue weighted by Crippen LogP contribution is 2.19. The third-order valence-corrected chi connectivity index (χ3v) is 3.77. The molecule has 0 saturated carbocycles. The van der Waals surface area contributed by atoms with Gasteiger partial charge in [0, 0.05) is 24.8 Å². The molecule has 22 heavy (non-hydrogen) atoms. The fourth-order valence-corrected chi connectivity index (χ4v) is 2.67. The summed E-state index contributed by atoms with van der Waals surface area (Å²) in [5.74, 6) is 1.28. The summed E-state index contributed by atoms with van der Waals surface area (Å²) >= 11 is 0. The molecule has 5 nitrogen and oxygen atoms in total. The summed E-state index contributed by atoms with van der Waals surface area (Å²) in [6.07, 6.45) is 3.62. The van der Waals surface area contributed by atoms with E-state index in [9.17, 15) is 4.79 Å². The largest absolute Gasteiger partial charge is 0.356 e. The highest BCUT2D eigenvalue weighted by atomic mass is 16.1. The molecule has 1 amide bonds. The van der Waals surface area contributed by atoms with Crippen molar-refractivity contribution in [2.75, 3.05) is 23.3 Å². The topological polar surface area (TPSA) is 58.1 Å². The van der Waals surface area contributed by atoms with E-state index in [1.54, 1.807) is 6.07 Å². The molecule has 1 aliphatic rings. The second kappa shape index (κ2) is 6.56. The van der Waals surface area contributed by atoms with Crippen LogP contribution in [0.25, 0.3) is 0 Å². The number of carbonyl (C=O) groups excluding carboxylic acids is 1. The van der Waals surface area contributed by atoms with Gasteiger partial charge in [0.15, 0.2) is 0 Å². The minimum atomic E-state index is -0.199. The Hall–Kier alpha value is -2.43. The second-order valence-electron chi connectivity index (χ2n) is 5.53. The van der Waals surface area contributed by atoms with E-state index in [1.165, 1.54) is 19.3 Å². The Labute approximate surface area is 130 Å². The van der Waals surface area contributed by atoms with Gasteiger partial charge in [-0.2, -0.15) is 0 Å². The van der Waals surface area contributed by atoms with Gasteiger partial charge in [-0.15, -0.1) is 0 Å². The lowest BCUT2D eigenvalue weighted by atomic mass is 10.1. The molecule has 0 radical (unpaired) electrons. The van der Waals surface area contributed by atoms with Crippen molar-refractivity contribution in [3.63, 3.8) is 0 Å². The number of hydrogen-bond donors (Lipinski definition) is 1. The Morgan fingerprint density at radius 2 is 1.82 bits per heavy atom. The molecule has 0 aliphatic carbocycles. The molecule has 0 unspecified atom stereocenters. The number of aryl methyl sites for hydroxylation is 1. The smallest absolute Gasteiger partial charge is 0.274 e. The van der Waals surface area contributed by atoms with Crippen molar-refractivity contribution in [3.8, 4) is 0 Å². The minimum absolute atomic E-state index is 0.199. The molecule has 5 heteroatoms. The molecule has 3 rings (SSSR count). The van der Waals surface area contributed by atoms with Gasteiger partial charge in [0.25, 0.3) is 5.91 Å². The maximum atomic E-state index is 12.4. The van der Waals surface area contributed by atoms with Crippen LogP contribution in [0.1, 0.15) is 35.6 Å². The predicted molar refractivity (Wildman–Crippen MR) is 87.2 cm³/mol. The van der Waals surface area contributed by atoms with Crippen molar-refractivity contribution in [2.45, 2.75) is 26.2 Å². The molecule has 1 N–H and O–H groups in total. The van der Waals surface area contributed by atoms with E-state index in [-0.39, 0.29) is 5.91 Å². The number of rotatable bonds is 3. The Morgan fingerprint density at radius 1 is 1.09 bits per heavy atom. The van der Waals surface area contributed by atoms with Crippen LogP contribution in [0.3, 0.4) is 0 Å². The number of hydrogen-bond acceptors (Lipinski definition) is 4. The molecular weight excluding hydrogens is 276 g/mol. The summed E-state index contributed by atoms with van der Waals surface area (Å²) in [6, 6.07) is 11.2. The van der Waals surface area contributed by atoms with Gasteiger partial charge >= 0.3 is 0 Å². The average Bonchev–Trinajstić information content (AvgIpc) is 2.56.